The number of esters is 2. The molecule has 6 heteroatoms. The summed E-state index contributed by atoms with van der Waals surface area (Å²) >= 11 is 0. The number of benzene rings is 1. The normalized spacial score (nSPS) is 21.0. The highest BCUT2D eigenvalue weighted by atomic mass is 16.5. The molecule has 1 aliphatic rings. The van der Waals surface area contributed by atoms with E-state index in [9.17, 15) is 9.59 Å². The van der Waals surface area contributed by atoms with Crippen molar-refractivity contribution in [2.45, 2.75) is 38.8 Å². The predicted molar refractivity (Wildman–Crippen MR) is 89.0 cm³/mol. The third kappa shape index (κ3) is 3.87. The summed E-state index contributed by atoms with van der Waals surface area (Å²) in [5, 5.41) is 3.30. The van der Waals surface area contributed by atoms with Gasteiger partial charge in [-0.2, -0.15) is 0 Å². The number of rotatable bonds is 5. The van der Waals surface area contributed by atoms with Crippen LogP contribution in [0.1, 0.15) is 37.0 Å². The van der Waals surface area contributed by atoms with Crippen molar-refractivity contribution in [3.05, 3.63) is 29.8 Å². The molecule has 1 aromatic rings. The molecule has 1 aliphatic heterocycles. The Balaban J connectivity index is 2.12. The van der Waals surface area contributed by atoms with Gasteiger partial charge < -0.3 is 19.5 Å². The Morgan fingerprint density at radius 3 is 2.42 bits per heavy atom. The molecular formula is C18H25NO5. The van der Waals surface area contributed by atoms with Gasteiger partial charge in [-0.3, -0.25) is 4.79 Å². The fourth-order valence-corrected chi connectivity index (χ4v) is 3.03. The molecule has 0 radical (unpaired) electrons. The first-order valence-electron chi connectivity index (χ1n) is 8.07. The fraction of sp³-hybridized carbons (Fsp3) is 0.556. The zero-order valence-corrected chi connectivity index (χ0v) is 14.6. The Hall–Kier alpha value is -2.08. The van der Waals surface area contributed by atoms with E-state index in [0.717, 1.165) is 13.0 Å². The topological polar surface area (TPSA) is 73.9 Å². The van der Waals surface area contributed by atoms with Crippen molar-refractivity contribution < 1.29 is 23.8 Å². The van der Waals surface area contributed by atoms with Gasteiger partial charge in [0.1, 0.15) is 11.9 Å². The van der Waals surface area contributed by atoms with Crippen LogP contribution in [0.4, 0.5) is 0 Å². The van der Waals surface area contributed by atoms with Crippen molar-refractivity contribution in [2.24, 2.45) is 5.41 Å². The van der Waals surface area contributed by atoms with Gasteiger partial charge in [-0.05, 0) is 57.5 Å². The lowest BCUT2D eigenvalue weighted by atomic mass is 9.78. The van der Waals surface area contributed by atoms with Crippen LogP contribution in [0.25, 0.3) is 0 Å². The SMILES string of the molecule is COC(=O)C(C)(C)[C@@H]1NCCC[C@H]1OC(=O)c1ccc(OC)cc1. The van der Waals surface area contributed by atoms with Crippen LogP contribution >= 0.6 is 0 Å². The summed E-state index contributed by atoms with van der Waals surface area (Å²) in [6.45, 7) is 4.38. The van der Waals surface area contributed by atoms with Gasteiger partial charge in [0, 0.05) is 0 Å². The molecule has 0 aliphatic carbocycles. The second-order valence-corrected chi connectivity index (χ2v) is 6.46. The van der Waals surface area contributed by atoms with Crippen LogP contribution in [0.3, 0.4) is 0 Å². The van der Waals surface area contributed by atoms with E-state index in [2.05, 4.69) is 5.32 Å². The molecule has 0 saturated carbocycles. The van der Waals surface area contributed by atoms with E-state index >= 15 is 0 Å². The summed E-state index contributed by atoms with van der Waals surface area (Å²) in [5.41, 5.74) is -0.337. The summed E-state index contributed by atoms with van der Waals surface area (Å²) in [5.74, 6) is -0.0556. The molecule has 0 spiro atoms. The van der Waals surface area contributed by atoms with Crippen LogP contribution < -0.4 is 10.1 Å². The lowest BCUT2D eigenvalue weighted by Crippen LogP contribution is -2.57. The highest BCUT2D eigenvalue weighted by molar-refractivity contribution is 5.89. The van der Waals surface area contributed by atoms with Gasteiger partial charge in [-0.1, -0.05) is 0 Å². The van der Waals surface area contributed by atoms with Crippen LogP contribution in [0.2, 0.25) is 0 Å². The van der Waals surface area contributed by atoms with E-state index in [-0.39, 0.29) is 18.1 Å². The van der Waals surface area contributed by atoms with Crippen LogP contribution in [-0.4, -0.2) is 44.8 Å². The smallest absolute Gasteiger partial charge is 0.338 e. The first kappa shape index (κ1) is 18.3. The largest absolute Gasteiger partial charge is 0.497 e. The van der Waals surface area contributed by atoms with Gasteiger partial charge in [0.15, 0.2) is 0 Å². The number of ether oxygens (including phenoxy) is 3. The average Bonchev–Trinajstić information content (AvgIpc) is 2.61. The van der Waals surface area contributed by atoms with Crippen molar-refractivity contribution in [1.29, 1.82) is 0 Å². The fourth-order valence-electron chi connectivity index (χ4n) is 3.03. The summed E-state index contributed by atoms with van der Waals surface area (Å²) in [7, 11) is 2.94. The summed E-state index contributed by atoms with van der Waals surface area (Å²) in [4.78, 5) is 24.5. The summed E-state index contributed by atoms with van der Waals surface area (Å²) in [6, 6.07) is 6.47. The second kappa shape index (κ2) is 7.66. The third-order valence-corrected chi connectivity index (χ3v) is 4.47. The Bertz CT molecular complexity index is 582. The molecule has 24 heavy (non-hydrogen) atoms. The minimum Gasteiger partial charge on any atom is -0.497 e. The molecule has 0 aromatic heterocycles. The molecule has 1 saturated heterocycles. The van der Waals surface area contributed by atoms with Crippen LogP contribution in [-0.2, 0) is 14.3 Å². The molecule has 1 fully saturated rings. The summed E-state index contributed by atoms with van der Waals surface area (Å²) < 4.78 is 15.7. The number of methoxy groups -OCH3 is 2. The number of hydrogen-bond donors (Lipinski definition) is 1. The number of hydrogen-bond acceptors (Lipinski definition) is 6. The zero-order valence-electron chi connectivity index (χ0n) is 14.6. The maximum atomic E-state index is 12.4. The Labute approximate surface area is 142 Å². The number of carbonyl (C=O) groups excluding carboxylic acids is 2. The lowest BCUT2D eigenvalue weighted by Gasteiger charge is -2.40. The van der Waals surface area contributed by atoms with Gasteiger partial charge in [-0.15, -0.1) is 0 Å². The molecule has 0 amide bonds. The molecule has 1 aromatic carbocycles. The summed E-state index contributed by atoms with van der Waals surface area (Å²) in [6.07, 6.45) is 1.20. The first-order valence-corrected chi connectivity index (χ1v) is 8.07. The van der Waals surface area contributed by atoms with Crippen molar-refractivity contribution in [2.75, 3.05) is 20.8 Å². The van der Waals surface area contributed by atoms with E-state index < -0.39 is 11.4 Å². The number of nitrogens with one attached hydrogen (secondary N) is 1. The second-order valence-electron chi connectivity index (χ2n) is 6.46. The van der Waals surface area contributed by atoms with Gasteiger partial charge >= 0.3 is 11.9 Å². The number of carbonyl (C=O) groups is 2. The van der Waals surface area contributed by atoms with E-state index in [1.807, 2.05) is 0 Å². The van der Waals surface area contributed by atoms with Gasteiger partial charge in [0.2, 0.25) is 0 Å². The van der Waals surface area contributed by atoms with Gasteiger partial charge in [-0.25, -0.2) is 4.79 Å². The molecule has 6 nitrogen and oxygen atoms in total. The Kier molecular flexibility index (Phi) is 5.83. The first-order chi connectivity index (χ1) is 11.4. The van der Waals surface area contributed by atoms with Gasteiger partial charge in [0.05, 0.1) is 31.2 Å². The van der Waals surface area contributed by atoms with Crippen molar-refractivity contribution >= 4 is 11.9 Å². The van der Waals surface area contributed by atoms with Crippen LogP contribution in [0.15, 0.2) is 24.3 Å². The Morgan fingerprint density at radius 1 is 1.17 bits per heavy atom. The standard InChI is InChI=1S/C18H25NO5/c1-18(2,17(21)23-4)15-14(6-5-11-19-15)24-16(20)12-7-9-13(22-3)10-8-12/h7-10,14-15,19H,5-6,11H2,1-4H3/t14-,15-/m1/s1. The maximum Gasteiger partial charge on any atom is 0.338 e. The van der Waals surface area contributed by atoms with Crippen molar-refractivity contribution in [1.82, 2.24) is 5.32 Å². The molecule has 2 rings (SSSR count). The molecule has 1 N–H and O–H groups in total. The van der Waals surface area contributed by atoms with Crippen molar-refractivity contribution in [3.63, 3.8) is 0 Å². The number of piperidine rings is 1. The highest BCUT2D eigenvalue weighted by Crippen LogP contribution is 2.30. The molecular weight excluding hydrogens is 310 g/mol. The van der Waals surface area contributed by atoms with E-state index in [1.165, 1.54) is 7.11 Å². The van der Waals surface area contributed by atoms with Gasteiger partial charge in [0.25, 0.3) is 0 Å². The minimum absolute atomic E-state index is 0.291. The Morgan fingerprint density at radius 2 is 1.83 bits per heavy atom. The van der Waals surface area contributed by atoms with E-state index in [4.69, 9.17) is 14.2 Å². The predicted octanol–water partition coefficient (Wildman–Crippen LogP) is 2.17. The van der Waals surface area contributed by atoms with Crippen LogP contribution in [0.5, 0.6) is 5.75 Å². The minimum atomic E-state index is -0.792. The van der Waals surface area contributed by atoms with Crippen LogP contribution in [0, 0.1) is 5.41 Å². The average molecular weight is 335 g/mol. The zero-order chi connectivity index (χ0) is 17.7. The molecule has 1 heterocycles. The maximum absolute atomic E-state index is 12.4. The quantitative estimate of drug-likeness (QED) is 0.832. The highest BCUT2D eigenvalue weighted by Gasteiger charge is 2.45. The molecule has 132 valence electrons. The molecule has 0 unspecified atom stereocenters. The molecule has 2 atom stereocenters. The van der Waals surface area contributed by atoms with Crippen molar-refractivity contribution in [3.8, 4) is 5.75 Å². The monoisotopic (exact) mass is 335 g/mol. The van der Waals surface area contributed by atoms with E-state index in [1.54, 1.807) is 45.2 Å². The lowest BCUT2D eigenvalue weighted by molar-refractivity contribution is -0.155. The molecule has 0 bridgehead atoms. The third-order valence-electron chi connectivity index (χ3n) is 4.47. The van der Waals surface area contributed by atoms with E-state index in [0.29, 0.717) is 17.7 Å².